The number of rotatable bonds is 8. The molecule has 24 heavy (non-hydrogen) atoms. The number of nitrogens with zero attached hydrogens (tertiary/aromatic N) is 3. The van der Waals surface area contributed by atoms with E-state index in [2.05, 4.69) is 39.8 Å². The Morgan fingerprint density at radius 1 is 1.29 bits per heavy atom. The summed E-state index contributed by atoms with van der Waals surface area (Å²) in [6.07, 6.45) is 4.80. The monoisotopic (exact) mass is 329 g/mol. The van der Waals surface area contributed by atoms with E-state index in [1.165, 1.54) is 5.56 Å². The molecule has 0 aliphatic rings. The summed E-state index contributed by atoms with van der Waals surface area (Å²) in [5.74, 6) is 1.67. The molecular formula is C18H27N5O. The molecule has 6 nitrogen and oxygen atoms in total. The molecule has 0 saturated heterocycles. The topological polar surface area (TPSA) is 63.5 Å². The van der Waals surface area contributed by atoms with Crippen LogP contribution >= 0.6 is 0 Å². The lowest BCUT2D eigenvalue weighted by Gasteiger charge is -2.18. The van der Waals surface area contributed by atoms with Crippen LogP contribution in [0.4, 0.5) is 0 Å². The van der Waals surface area contributed by atoms with Crippen molar-refractivity contribution in [1.29, 1.82) is 0 Å². The zero-order valence-corrected chi connectivity index (χ0v) is 14.7. The van der Waals surface area contributed by atoms with E-state index >= 15 is 0 Å². The Labute approximate surface area is 143 Å². The molecule has 6 heteroatoms. The molecule has 0 spiro atoms. The Balaban J connectivity index is 1.64. The largest absolute Gasteiger partial charge is 0.489 e. The third kappa shape index (κ3) is 6.32. The van der Waals surface area contributed by atoms with Gasteiger partial charge in [-0.15, -0.1) is 0 Å². The molecule has 1 aromatic heterocycles. The van der Waals surface area contributed by atoms with Crippen molar-refractivity contribution in [2.45, 2.75) is 32.9 Å². The van der Waals surface area contributed by atoms with E-state index in [0.717, 1.165) is 31.2 Å². The van der Waals surface area contributed by atoms with Gasteiger partial charge in [-0.1, -0.05) is 17.7 Å². The maximum atomic E-state index is 5.88. The van der Waals surface area contributed by atoms with Crippen LogP contribution in [0.5, 0.6) is 5.75 Å². The Morgan fingerprint density at radius 2 is 2.08 bits per heavy atom. The summed E-state index contributed by atoms with van der Waals surface area (Å²) in [5, 5.41) is 10.8. The number of aliphatic imine (C=N–C) groups is 1. The van der Waals surface area contributed by atoms with Crippen LogP contribution in [0.3, 0.4) is 0 Å². The molecule has 1 atom stereocenters. The van der Waals surface area contributed by atoms with Crippen molar-refractivity contribution >= 4 is 5.96 Å². The van der Waals surface area contributed by atoms with Gasteiger partial charge in [0.15, 0.2) is 5.96 Å². The minimum absolute atomic E-state index is 0.0512. The second-order valence-corrected chi connectivity index (χ2v) is 5.74. The summed E-state index contributed by atoms with van der Waals surface area (Å²) in [6, 6.07) is 10.0. The summed E-state index contributed by atoms with van der Waals surface area (Å²) in [6.45, 7) is 6.53. The number of benzene rings is 1. The predicted octanol–water partition coefficient (Wildman–Crippen LogP) is 2.21. The van der Waals surface area contributed by atoms with Crippen molar-refractivity contribution < 1.29 is 4.74 Å². The molecule has 0 bridgehead atoms. The first-order valence-corrected chi connectivity index (χ1v) is 8.32. The molecule has 1 heterocycles. The van der Waals surface area contributed by atoms with Gasteiger partial charge in [0.1, 0.15) is 11.9 Å². The highest BCUT2D eigenvalue weighted by atomic mass is 16.5. The molecule has 0 radical (unpaired) electrons. The Hall–Kier alpha value is -2.50. The molecular weight excluding hydrogens is 302 g/mol. The summed E-state index contributed by atoms with van der Waals surface area (Å²) < 4.78 is 7.81. The minimum Gasteiger partial charge on any atom is -0.489 e. The van der Waals surface area contributed by atoms with Crippen LogP contribution < -0.4 is 15.4 Å². The van der Waals surface area contributed by atoms with Gasteiger partial charge in [0.05, 0.1) is 6.54 Å². The molecule has 2 N–H and O–H groups in total. The van der Waals surface area contributed by atoms with Gasteiger partial charge < -0.3 is 15.4 Å². The predicted molar refractivity (Wildman–Crippen MR) is 97.5 cm³/mol. The number of hydrogen-bond acceptors (Lipinski definition) is 3. The van der Waals surface area contributed by atoms with Crippen LogP contribution in [-0.4, -0.2) is 42.0 Å². The Bertz CT molecular complexity index is 607. The fraction of sp³-hybridized carbons (Fsp3) is 0.444. The van der Waals surface area contributed by atoms with E-state index in [0.29, 0.717) is 6.54 Å². The number of ether oxygens (including phenoxy) is 1. The normalized spacial score (nSPS) is 12.7. The second kappa shape index (κ2) is 9.60. The molecule has 0 aliphatic carbocycles. The molecule has 2 rings (SSSR count). The van der Waals surface area contributed by atoms with Crippen molar-refractivity contribution in [3.05, 3.63) is 48.3 Å². The summed E-state index contributed by atoms with van der Waals surface area (Å²) >= 11 is 0. The highest BCUT2D eigenvalue weighted by molar-refractivity contribution is 5.79. The fourth-order valence-corrected chi connectivity index (χ4v) is 2.23. The number of hydrogen-bond donors (Lipinski definition) is 2. The quantitative estimate of drug-likeness (QED) is 0.443. The van der Waals surface area contributed by atoms with E-state index in [9.17, 15) is 0 Å². The number of aryl methyl sites for hydroxylation is 2. The molecule has 2 aromatic rings. The zero-order chi connectivity index (χ0) is 17.2. The molecule has 1 aromatic carbocycles. The van der Waals surface area contributed by atoms with Gasteiger partial charge in [-0.2, -0.15) is 5.10 Å². The average molecular weight is 329 g/mol. The molecule has 1 unspecified atom stereocenters. The first-order chi connectivity index (χ1) is 11.7. The van der Waals surface area contributed by atoms with Crippen molar-refractivity contribution in [1.82, 2.24) is 20.4 Å². The molecule has 0 amide bonds. The first kappa shape index (κ1) is 17.8. The number of aromatic nitrogens is 2. The maximum absolute atomic E-state index is 5.88. The van der Waals surface area contributed by atoms with Crippen LogP contribution in [0, 0.1) is 6.92 Å². The Kier molecular flexibility index (Phi) is 7.14. The molecule has 0 aliphatic heterocycles. The molecule has 0 fully saturated rings. The van der Waals surface area contributed by atoms with Gasteiger partial charge in [-0.25, -0.2) is 0 Å². The number of guanidine groups is 1. The maximum Gasteiger partial charge on any atom is 0.191 e. The van der Waals surface area contributed by atoms with E-state index < -0.39 is 0 Å². The average Bonchev–Trinajstić information content (AvgIpc) is 3.10. The van der Waals surface area contributed by atoms with Crippen molar-refractivity contribution in [3.8, 4) is 5.75 Å². The highest BCUT2D eigenvalue weighted by Crippen LogP contribution is 2.12. The van der Waals surface area contributed by atoms with Crippen LogP contribution in [-0.2, 0) is 6.54 Å². The lowest BCUT2D eigenvalue weighted by molar-refractivity contribution is 0.224. The van der Waals surface area contributed by atoms with E-state index in [-0.39, 0.29) is 6.10 Å². The molecule has 0 saturated carbocycles. The minimum atomic E-state index is 0.0512. The molecule has 130 valence electrons. The van der Waals surface area contributed by atoms with Crippen molar-refractivity contribution in [3.63, 3.8) is 0 Å². The van der Waals surface area contributed by atoms with Gasteiger partial charge in [-0.3, -0.25) is 9.67 Å². The SMILES string of the molecule is CN=C(NCCCn1cccn1)NCC(C)Oc1ccc(C)cc1. The van der Waals surface area contributed by atoms with Crippen LogP contribution in [0.1, 0.15) is 18.9 Å². The van der Waals surface area contributed by atoms with Gasteiger partial charge >= 0.3 is 0 Å². The number of nitrogens with one attached hydrogen (secondary N) is 2. The first-order valence-electron chi connectivity index (χ1n) is 8.32. The lowest BCUT2D eigenvalue weighted by atomic mass is 10.2. The van der Waals surface area contributed by atoms with Gasteiger partial charge in [0.25, 0.3) is 0 Å². The van der Waals surface area contributed by atoms with Crippen LogP contribution in [0.25, 0.3) is 0 Å². The standard InChI is InChI=1S/C18H27N5O/c1-15-6-8-17(9-7-15)24-16(2)14-21-18(19-3)20-10-4-12-23-13-5-11-22-23/h5-9,11,13,16H,4,10,12,14H2,1-3H3,(H2,19,20,21). The summed E-state index contributed by atoms with van der Waals surface area (Å²) in [4.78, 5) is 4.23. The summed E-state index contributed by atoms with van der Waals surface area (Å²) in [7, 11) is 1.77. The third-order valence-electron chi connectivity index (χ3n) is 3.55. The van der Waals surface area contributed by atoms with Crippen LogP contribution in [0.15, 0.2) is 47.7 Å². The smallest absolute Gasteiger partial charge is 0.191 e. The van der Waals surface area contributed by atoms with E-state index in [1.54, 1.807) is 13.2 Å². The van der Waals surface area contributed by atoms with Crippen molar-refractivity contribution in [2.75, 3.05) is 20.1 Å². The highest BCUT2D eigenvalue weighted by Gasteiger charge is 2.05. The van der Waals surface area contributed by atoms with Crippen LogP contribution in [0.2, 0.25) is 0 Å². The third-order valence-corrected chi connectivity index (χ3v) is 3.55. The second-order valence-electron chi connectivity index (χ2n) is 5.74. The lowest BCUT2D eigenvalue weighted by Crippen LogP contribution is -2.42. The fourth-order valence-electron chi connectivity index (χ4n) is 2.23. The van der Waals surface area contributed by atoms with Gasteiger partial charge in [-0.05, 0) is 38.5 Å². The summed E-state index contributed by atoms with van der Waals surface area (Å²) in [5.41, 5.74) is 1.23. The zero-order valence-electron chi connectivity index (χ0n) is 14.7. The van der Waals surface area contributed by atoms with Gasteiger partial charge in [0.2, 0.25) is 0 Å². The van der Waals surface area contributed by atoms with E-state index in [4.69, 9.17) is 4.74 Å². The Morgan fingerprint density at radius 3 is 2.75 bits per heavy atom. The van der Waals surface area contributed by atoms with Gasteiger partial charge in [0, 0.05) is 32.5 Å². The van der Waals surface area contributed by atoms with E-state index in [1.807, 2.05) is 36.0 Å². The van der Waals surface area contributed by atoms with Crippen molar-refractivity contribution in [2.24, 2.45) is 4.99 Å².